The van der Waals surface area contributed by atoms with Gasteiger partial charge in [-0.25, -0.2) is 4.68 Å². The maximum atomic E-state index is 11.9. The molecule has 6 nitrogen and oxygen atoms in total. The number of fused-ring (bicyclic) bond motifs is 2. The fraction of sp³-hybridized carbons (Fsp3) is 0.345. The summed E-state index contributed by atoms with van der Waals surface area (Å²) in [7, 11) is 1.86. The number of rotatable bonds is 6. The third-order valence-corrected chi connectivity index (χ3v) is 7.75. The second kappa shape index (κ2) is 10.4. The number of hydrogen-bond acceptors (Lipinski definition) is 4. The summed E-state index contributed by atoms with van der Waals surface area (Å²) in [6, 6.07) is 18.6. The summed E-state index contributed by atoms with van der Waals surface area (Å²) in [6.07, 6.45) is 3.44. The van der Waals surface area contributed by atoms with Crippen molar-refractivity contribution < 1.29 is 9.90 Å². The number of carboxylic acids is 1. The van der Waals surface area contributed by atoms with E-state index in [1.165, 1.54) is 17.5 Å². The molecule has 0 saturated heterocycles. The van der Waals surface area contributed by atoms with Crippen LogP contribution in [0, 0.1) is 6.92 Å². The van der Waals surface area contributed by atoms with Crippen molar-refractivity contribution in [2.45, 2.75) is 51.6 Å². The molecule has 186 valence electrons. The van der Waals surface area contributed by atoms with Crippen molar-refractivity contribution in [3.8, 4) is 0 Å². The van der Waals surface area contributed by atoms with E-state index < -0.39 is 5.97 Å². The van der Waals surface area contributed by atoms with Gasteiger partial charge >= 0.3 is 5.97 Å². The molecule has 0 bridgehead atoms. The molecule has 0 amide bonds. The molecule has 0 spiro atoms. The molecule has 1 aromatic heterocycles. The van der Waals surface area contributed by atoms with Crippen molar-refractivity contribution in [2.24, 2.45) is 7.05 Å². The summed E-state index contributed by atoms with van der Waals surface area (Å²) in [5.41, 5.74) is 8.44. The van der Waals surface area contributed by atoms with Crippen LogP contribution in [0.2, 0.25) is 5.02 Å². The summed E-state index contributed by atoms with van der Waals surface area (Å²) in [5.74, 6) is -1.14. The van der Waals surface area contributed by atoms with E-state index in [0.29, 0.717) is 5.02 Å². The highest BCUT2D eigenvalue weighted by Crippen LogP contribution is 2.35. The van der Waals surface area contributed by atoms with Crippen molar-refractivity contribution >= 4 is 28.6 Å². The van der Waals surface area contributed by atoms with Gasteiger partial charge < -0.3 is 5.11 Å². The molecule has 4 aromatic rings. The molecule has 3 aromatic carbocycles. The number of aromatic nitrogens is 3. The molecular formula is C29H31ClN4O2. The molecule has 2 heterocycles. The van der Waals surface area contributed by atoms with Crippen molar-refractivity contribution in [1.29, 1.82) is 0 Å². The van der Waals surface area contributed by atoms with E-state index in [0.717, 1.165) is 65.8 Å². The average Bonchev–Trinajstić information content (AvgIpc) is 3.22. The molecule has 1 aliphatic heterocycles. The van der Waals surface area contributed by atoms with Gasteiger partial charge in [-0.3, -0.25) is 9.69 Å². The first-order valence-electron chi connectivity index (χ1n) is 12.5. The Kier molecular flexibility index (Phi) is 7.08. The Balaban J connectivity index is 1.49. The molecule has 7 heteroatoms. The number of aryl methyl sites for hydroxylation is 3. The van der Waals surface area contributed by atoms with Crippen LogP contribution in [0.5, 0.6) is 0 Å². The van der Waals surface area contributed by atoms with E-state index >= 15 is 0 Å². The minimum atomic E-state index is -0.837. The van der Waals surface area contributed by atoms with Crippen LogP contribution in [0.15, 0.2) is 54.6 Å². The van der Waals surface area contributed by atoms with Crippen molar-refractivity contribution in [2.75, 3.05) is 6.54 Å². The van der Waals surface area contributed by atoms with Gasteiger partial charge in [-0.2, -0.15) is 0 Å². The predicted octanol–water partition coefficient (Wildman–Crippen LogP) is 5.88. The van der Waals surface area contributed by atoms with E-state index in [1.807, 2.05) is 38.2 Å². The van der Waals surface area contributed by atoms with E-state index in [-0.39, 0.29) is 12.3 Å². The fourth-order valence-electron chi connectivity index (χ4n) is 5.44. The second-order valence-electron chi connectivity index (χ2n) is 9.80. The Morgan fingerprint density at radius 3 is 2.72 bits per heavy atom. The zero-order chi connectivity index (χ0) is 25.2. The maximum Gasteiger partial charge on any atom is 0.304 e. The Hall–Kier alpha value is -3.22. The van der Waals surface area contributed by atoms with E-state index in [1.54, 1.807) is 4.68 Å². The summed E-state index contributed by atoms with van der Waals surface area (Å²) in [6.45, 7) is 4.62. The lowest BCUT2D eigenvalue weighted by atomic mass is 9.85. The lowest BCUT2D eigenvalue weighted by molar-refractivity contribution is -0.137. The van der Waals surface area contributed by atoms with Gasteiger partial charge in [-0.05, 0) is 78.2 Å². The topological polar surface area (TPSA) is 71.2 Å². The Labute approximate surface area is 216 Å². The number of benzene rings is 3. The first-order chi connectivity index (χ1) is 17.4. The average molecular weight is 503 g/mol. The predicted molar refractivity (Wildman–Crippen MR) is 142 cm³/mol. The first-order valence-corrected chi connectivity index (χ1v) is 12.9. The van der Waals surface area contributed by atoms with Crippen LogP contribution in [0.3, 0.4) is 0 Å². The molecule has 0 radical (unpaired) electrons. The van der Waals surface area contributed by atoms with Crippen molar-refractivity contribution in [1.82, 2.24) is 19.9 Å². The van der Waals surface area contributed by atoms with E-state index in [2.05, 4.69) is 45.5 Å². The molecule has 1 aliphatic rings. The molecule has 1 N–H and O–H groups in total. The first kappa shape index (κ1) is 24.5. The van der Waals surface area contributed by atoms with Gasteiger partial charge in [0.1, 0.15) is 5.52 Å². The Morgan fingerprint density at radius 1 is 1.11 bits per heavy atom. The lowest BCUT2D eigenvalue weighted by Gasteiger charge is -2.27. The smallest absolute Gasteiger partial charge is 0.304 e. The highest BCUT2D eigenvalue weighted by Gasteiger charge is 2.23. The molecule has 1 atom stereocenters. The van der Waals surface area contributed by atoms with Gasteiger partial charge in [0.05, 0.1) is 11.9 Å². The van der Waals surface area contributed by atoms with Crippen LogP contribution in [0.25, 0.3) is 11.0 Å². The number of carboxylic acid groups (broad SMARTS) is 1. The zero-order valence-corrected chi connectivity index (χ0v) is 21.5. The largest absolute Gasteiger partial charge is 0.481 e. The fourth-order valence-corrected chi connectivity index (χ4v) is 5.62. The van der Waals surface area contributed by atoms with E-state index in [9.17, 15) is 9.90 Å². The molecular weight excluding hydrogens is 472 g/mol. The number of hydrogen-bond donors (Lipinski definition) is 1. The van der Waals surface area contributed by atoms with Crippen molar-refractivity contribution in [3.05, 3.63) is 93.0 Å². The molecule has 1 unspecified atom stereocenters. The van der Waals surface area contributed by atoms with Crippen LogP contribution in [0.1, 0.15) is 58.6 Å². The lowest BCUT2D eigenvalue weighted by Crippen LogP contribution is -2.26. The zero-order valence-electron chi connectivity index (χ0n) is 20.7. The molecule has 0 aliphatic carbocycles. The summed E-state index contributed by atoms with van der Waals surface area (Å²) in [4.78, 5) is 14.4. The standard InChI is InChI=1S/C29H31ClN4O2/c1-19-24(11-13-27-29(19)31-32-33(27)2)25(16-28(35)36)21-10-12-26(30)23(15-21)18-34-14-6-5-8-20-7-3-4-9-22(20)17-34/h3-4,7,9-13,15,25H,5-6,8,14,16-18H2,1-2H3,(H,35,36). The van der Waals surface area contributed by atoms with Gasteiger partial charge in [0, 0.05) is 31.1 Å². The van der Waals surface area contributed by atoms with Crippen LogP contribution >= 0.6 is 11.6 Å². The van der Waals surface area contributed by atoms with Crippen molar-refractivity contribution in [3.63, 3.8) is 0 Å². The minimum Gasteiger partial charge on any atom is -0.481 e. The molecule has 5 rings (SSSR count). The highest BCUT2D eigenvalue weighted by atomic mass is 35.5. The second-order valence-corrected chi connectivity index (χ2v) is 10.2. The third-order valence-electron chi connectivity index (χ3n) is 7.38. The summed E-state index contributed by atoms with van der Waals surface area (Å²) >= 11 is 6.69. The number of nitrogens with zero attached hydrogens (tertiary/aromatic N) is 4. The van der Waals surface area contributed by atoms with Gasteiger partial charge in [-0.15, -0.1) is 5.10 Å². The van der Waals surface area contributed by atoms with Gasteiger partial charge in [0.25, 0.3) is 0 Å². The quantitative estimate of drug-likeness (QED) is 0.356. The summed E-state index contributed by atoms with van der Waals surface area (Å²) < 4.78 is 1.74. The van der Waals surface area contributed by atoms with Crippen LogP contribution in [-0.2, 0) is 31.4 Å². The number of halogens is 1. The van der Waals surface area contributed by atoms with Gasteiger partial charge in [0.2, 0.25) is 0 Å². The minimum absolute atomic E-state index is 0.00916. The SMILES string of the molecule is Cc1c(C(CC(=O)O)c2ccc(Cl)c(CN3CCCCc4ccccc4C3)c2)ccc2c1nnn2C. The molecule has 36 heavy (non-hydrogen) atoms. The van der Waals surface area contributed by atoms with Crippen LogP contribution in [0.4, 0.5) is 0 Å². The molecule has 0 fully saturated rings. The highest BCUT2D eigenvalue weighted by molar-refractivity contribution is 6.31. The number of aliphatic carboxylic acids is 1. The molecule has 0 saturated carbocycles. The summed E-state index contributed by atoms with van der Waals surface area (Å²) in [5, 5.41) is 19.0. The van der Waals surface area contributed by atoms with Gasteiger partial charge in [0.15, 0.2) is 0 Å². The third kappa shape index (κ3) is 5.01. The number of carbonyl (C=O) groups is 1. The van der Waals surface area contributed by atoms with Crippen LogP contribution in [-0.4, -0.2) is 37.5 Å². The van der Waals surface area contributed by atoms with Crippen LogP contribution < -0.4 is 0 Å². The van der Waals surface area contributed by atoms with Gasteiger partial charge in [-0.1, -0.05) is 59.3 Å². The Morgan fingerprint density at radius 2 is 1.92 bits per heavy atom. The normalized spacial score (nSPS) is 15.3. The Bertz CT molecular complexity index is 1410. The van der Waals surface area contributed by atoms with E-state index in [4.69, 9.17) is 11.6 Å². The monoisotopic (exact) mass is 502 g/mol. The maximum absolute atomic E-state index is 11.9.